The third-order valence-corrected chi connectivity index (χ3v) is 4.49. The maximum atomic E-state index is 9.30. The molecule has 2 aromatic carbocycles. The molecule has 21 heavy (non-hydrogen) atoms. The second kappa shape index (κ2) is 5.33. The molecule has 0 saturated heterocycles. The van der Waals surface area contributed by atoms with Gasteiger partial charge < -0.3 is 9.63 Å². The van der Waals surface area contributed by atoms with Gasteiger partial charge in [0.1, 0.15) is 5.75 Å². The lowest BCUT2D eigenvalue weighted by Gasteiger charge is -2.04. The highest BCUT2D eigenvalue weighted by molar-refractivity contribution is 9.10. The van der Waals surface area contributed by atoms with E-state index in [9.17, 15) is 5.11 Å². The van der Waals surface area contributed by atoms with Crippen LogP contribution in [0.15, 0.2) is 45.4 Å². The Morgan fingerprint density at radius 2 is 1.62 bits per heavy atom. The summed E-state index contributed by atoms with van der Waals surface area (Å²) in [4.78, 5) is 4.42. The summed E-state index contributed by atoms with van der Waals surface area (Å²) in [5, 5.41) is 13.3. The van der Waals surface area contributed by atoms with Crippen molar-refractivity contribution in [2.24, 2.45) is 0 Å². The summed E-state index contributed by atoms with van der Waals surface area (Å²) < 4.78 is 6.39. The molecule has 106 valence electrons. The van der Waals surface area contributed by atoms with E-state index >= 15 is 0 Å². The first-order chi connectivity index (χ1) is 10.0. The van der Waals surface area contributed by atoms with Gasteiger partial charge in [-0.1, -0.05) is 21.1 Å². The lowest BCUT2D eigenvalue weighted by atomic mass is 10.1. The summed E-state index contributed by atoms with van der Waals surface area (Å²) in [5.41, 5.74) is 3.95. The quantitative estimate of drug-likeness (QED) is 0.744. The molecule has 0 atom stereocenters. The van der Waals surface area contributed by atoms with Crippen LogP contribution < -0.4 is 0 Å². The first-order valence-electron chi connectivity index (χ1n) is 6.45. The van der Waals surface area contributed by atoms with Crippen LogP contribution in [0.4, 0.5) is 0 Å². The number of phenols is 1. The highest BCUT2D eigenvalue weighted by Crippen LogP contribution is 2.28. The van der Waals surface area contributed by atoms with Crippen LogP contribution in [0.2, 0.25) is 0 Å². The van der Waals surface area contributed by atoms with Gasteiger partial charge in [-0.05, 0) is 61.4 Å². The van der Waals surface area contributed by atoms with E-state index in [-0.39, 0.29) is 5.75 Å². The zero-order valence-corrected chi connectivity index (χ0v) is 13.2. The molecule has 0 amide bonds. The molecule has 1 aromatic heterocycles. The lowest BCUT2D eigenvalue weighted by Crippen LogP contribution is -1.87. The van der Waals surface area contributed by atoms with Crippen LogP contribution in [0.5, 0.6) is 5.75 Å². The SMILES string of the molecule is Cc1cc(-c2noc(-c3ccc(O)cc3)n2)cc(C)c1Br. The van der Waals surface area contributed by atoms with E-state index in [2.05, 4.69) is 26.1 Å². The van der Waals surface area contributed by atoms with E-state index in [1.807, 2.05) is 26.0 Å². The van der Waals surface area contributed by atoms with E-state index in [0.717, 1.165) is 26.7 Å². The van der Waals surface area contributed by atoms with E-state index < -0.39 is 0 Å². The Morgan fingerprint density at radius 1 is 1.00 bits per heavy atom. The Kier molecular flexibility index (Phi) is 3.51. The molecule has 5 heteroatoms. The minimum absolute atomic E-state index is 0.206. The molecule has 1 heterocycles. The summed E-state index contributed by atoms with van der Waals surface area (Å²) in [5.74, 6) is 1.19. The molecule has 0 fully saturated rings. The first-order valence-corrected chi connectivity index (χ1v) is 7.24. The molecule has 4 nitrogen and oxygen atoms in total. The smallest absolute Gasteiger partial charge is 0.258 e. The van der Waals surface area contributed by atoms with E-state index in [1.165, 1.54) is 0 Å². The van der Waals surface area contributed by atoms with Crippen molar-refractivity contribution in [1.82, 2.24) is 10.1 Å². The molecular weight excluding hydrogens is 332 g/mol. The third kappa shape index (κ3) is 2.69. The van der Waals surface area contributed by atoms with Gasteiger partial charge in [0.2, 0.25) is 5.82 Å². The van der Waals surface area contributed by atoms with Crippen LogP contribution in [-0.4, -0.2) is 15.2 Å². The Morgan fingerprint density at radius 3 is 2.24 bits per heavy atom. The van der Waals surface area contributed by atoms with Gasteiger partial charge in [-0.3, -0.25) is 0 Å². The molecule has 0 aliphatic heterocycles. The van der Waals surface area contributed by atoms with Crippen molar-refractivity contribution in [2.75, 3.05) is 0 Å². The Labute approximate surface area is 130 Å². The van der Waals surface area contributed by atoms with Crippen LogP contribution in [0.3, 0.4) is 0 Å². The molecule has 0 aliphatic carbocycles. The fourth-order valence-corrected chi connectivity index (χ4v) is 2.37. The molecule has 0 radical (unpaired) electrons. The number of hydrogen-bond acceptors (Lipinski definition) is 4. The van der Waals surface area contributed by atoms with Crippen molar-refractivity contribution in [1.29, 1.82) is 0 Å². The Balaban J connectivity index is 2.00. The molecule has 0 unspecified atom stereocenters. The van der Waals surface area contributed by atoms with Gasteiger partial charge in [-0.25, -0.2) is 0 Å². The number of nitrogens with zero attached hydrogens (tertiary/aromatic N) is 2. The van der Waals surface area contributed by atoms with Crippen LogP contribution in [-0.2, 0) is 0 Å². The largest absolute Gasteiger partial charge is 0.508 e. The molecule has 3 rings (SSSR count). The molecule has 0 bridgehead atoms. The van der Waals surface area contributed by atoms with Crippen molar-refractivity contribution in [2.45, 2.75) is 13.8 Å². The van der Waals surface area contributed by atoms with Gasteiger partial charge in [-0.2, -0.15) is 4.98 Å². The summed E-state index contributed by atoms with van der Waals surface area (Å²) >= 11 is 3.55. The fourth-order valence-electron chi connectivity index (χ4n) is 2.14. The summed E-state index contributed by atoms with van der Waals surface area (Å²) in [6, 6.07) is 10.7. The number of benzene rings is 2. The monoisotopic (exact) mass is 344 g/mol. The van der Waals surface area contributed by atoms with E-state index in [1.54, 1.807) is 24.3 Å². The van der Waals surface area contributed by atoms with Gasteiger partial charge in [0.15, 0.2) is 0 Å². The standard InChI is InChI=1S/C16H13BrN2O2/c1-9-7-12(8-10(2)14(9)17)15-18-16(21-19-15)11-3-5-13(20)6-4-11/h3-8,20H,1-2H3. The number of phenolic OH excluding ortho intramolecular Hbond substituents is 1. The highest BCUT2D eigenvalue weighted by Gasteiger charge is 2.12. The van der Waals surface area contributed by atoms with Crippen LogP contribution in [0.1, 0.15) is 11.1 Å². The highest BCUT2D eigenvalue weighted by atomic mass is 79.9. The maximum absolute atomic E-state index is 9.30. The van der Waals surface area contributed by atoms with Crippen molar-refractivity contribution >= 4 is 15.9 Å². The zero-order chi connectivity index (χ0) is 15.0. The fraction of sp³-hybridized carbons (Fsp3) is 0.125. The maximum Gasteiger partial charge on any atom is 0.258 e. The van der Waals surface area contributed by atoms with Crippen LogP contribution in [0, 0.1) is 13.8 Å². The summed E-state index contributed by atoms with van der Waals surface area (Å²) in [6.45, 7) is 4.06. The molecule has 0 spiro atoms. The summed E-state index contributed by atoms with van der Waals surface area (Å²) in [7, 11) is 0. The van der Waals surface area contributed by atoms with Crippen LogP contribution >= 0.6 is 15.9 Å². The number of halogens is 1. The van der Waals surface area contributed by atoms with Crippen LogP contribution in [0.25, 0.3) is 22.8 Å². The predicted molar refractivity (Wildman–Crippen MR) is 84.0 cm³/mol. The minimum Gasteiger partial charge on any atom is -0.508 e. The number of aromatic hydroxyl groups is 1. The molecule has 0 saturated carbocycles. The van der Waals surface area contributed by atoms with Gasteiger partial charge in [-0.15, -0.1) is 0 Å². The zero-order valence-electron chi connectivity index (χ0n) is 11.6. The third-order valence-electron chi connectivity index (χ3n) is 3.23. The number of aryl methyl sites for hydroxylation is 2. The second-order valence-electron chi connectivity index (χ2n) is 4.89. The normalized spacial score (nSPS) is 10.8. The average Bonchev–Trinajstić information content (AvgIpc) is 2.95. The van der Waals surface area contributed by atoms with E-state index in [0.29, 0.717) is 11.7 Å². The Hall–Kier alpha value is -2.14. The van der Waals surface area contributed by atoms with Crippen molar-refractivity contribution in [3.8, 4) is 28.6 Å². The van der Waals surface area contributed by atoms with Crippen molar-refractivity contribution in [3.05, 3.63) is 52.0 Å². The second-order valence-corrected chi connectivity index (χ2v) is 5.69. The molecule has 0 aliphatic rings. The topological polar surface area (TPSA) is 59.2 Å². The van der Waals surface area contributed by atoms with E-state index in [4.69, 9.17) is 4.52 Å². The van der Waals surface area contributed by atoms with Gasteiger partial charge in [0.25, 0.3) is 5.89 Å². The molecular formula is C16H13BrN2O2. The lowest BCUT2D eigenvalue weighted by molar-refractivity contribution is 0.432. The first kappa shape index (κ1) is 13.8. The molecule has 3 aromatic rings. The summed E-state index contributed by atoms with van der Waals surface area (Å²) in [6.07, 6.45) is 0. The number of hydrogen-bond donors (Lipinski definition) is 1. The number of rotatable bonds is 2. The molecule has 1 N–H and O–H groups in total. The predicted octanol–water partition coefficient (Wildman–Crippen LogP) is 4.49. The van der Waals surface area contributed by atoms with Crippen molar-refractivity contribution in [3.63, 3.8) is 0 Å². The van der Waals surface area contributed by atoms with Gasteiger partial charge >= 0.3 is 0 Å². The average molecular weight is 345 g/mol. The minimum atomic E-state index is 0.206. The van der Waals surface area contributed by atoms with Gasteiger partial charge in [0, 0.05) is 15.6 Å². The number of aromatic nitrogens is 2. The van der Waals surface area contributed by atoms with Gasteiger partial charge in [0.05, 0.1) is 0 Å². The van der Waals surface area contributed by atoms with Crippen molar-refractivity contribution < 1.29 is 9.63 Å². The Bertz CT molecular complexity index is 771.